The highest BCUT2D eigenvalue weighted by Crippen LogP contribution is 2.26. The molecular weight excluding hydrogens is 224 g/mol. The van der Waals surface area contributed by atoms with Gasteiger partial charge < -0.3 is 0 Å². The fraction of sp³-hybridized carbons (Fsp3) is 0.333. The minimum absolute atomic E-state index is 0.590. The monoisotopic (exact) mass is 238 g/mol. The molecule has 70 valence electrons. The van der Waals surface area contributed by atoms with E-state index >= 15 is 0 Å². The number of hydrogen-bond donors (Lipinski definition) is 0. The number of halogens is 1. The molecule has 0 fully saturated rings. The molecular formula is C12H15Br. The second-order valence-corrected chi connectivity index (χ2v) is 4.08. The van der Waals surface area contributed by atoms with Crippen LogP contribution in [-0.4, -0.2) is 0 Å². The number of benzene rings is 1. The molecule has 0 aliphatic carbocycles. The first-order valence-electron chi connectivity index (χ1n) is 4.61. The van der Waals surface area contributed by atoms with Gasteiger partial charge in [0.05, 0.1) is 0 Å². The molecule has 1 rings (SSSR count). The lowest BCUT2D eigenvalue weighted by Gasteiger charge is -2.10. The maximum atomic E-state index is 3.56. The quantitative estimate of drug-likeness (QED) is 0.680. The van der Waals surface area contributed by atoms with Gasteiger partial charge in [0.2, 0.25) is 0 Å². The Bertz CT molecular complexity index is 289. The minimum atomic E-state index is 0.590. The summed E-state index contributed by atoms with van der Waals surface area (Å²) in [5, 5.41) is 0. The Hall–Kier alpha value is -0.560. The van der Waals surface area contributed by atoms with Crippen molar-refractivity contribution in [2.24, 2.45) is 0 Å². The third kappa shape index (κ3) is 3.00. The lowest BCUT2D eigenvalue weighted by Crippen LogP contribution is -1.92. The molecule has 1 aromatic carbocycles. The van der Waals surface area contributed by atoms with Gasteiger partial charge in [0, 0.05) is 4.47 Å². The second kappa shape index (κ2) is 5.23. The smallest absolute Gasteiger partial charge is 0.0210 e. The summed E-state index contributed by atoms with van der Waals surface area (Å²) in [7, 11) is 0. The van der Waals surface area contributed by atoms with Gasteiger partial charge in [0.1, 0.15) is 0 Å². The van der Waals surface area contributed by atoms with Crippen molar-refractivity contribution >= 4 is 15.9 Å². The molecule has 0 nitrogen and oxygen atoms in total. The molecule has 0 saturated carbocycles. The SMILES string of the molecule is C/C=C\CC(C)c1ccccc1Br. The average Bonchev–Trinajstić information content (AvgIpc) is 2.15. The Morgan fingerprint density at radius 2 is 2.08 bits per heavy atom. The van der Waals surface area contributed by atoms with E-state index in [-0.39, 0.29) is 0 Å². The van der Waals surface area contributed by atoms with Gasteiger partial charge in [-0.1, -0.05) is 53.2 Å². The van der Waals surface area contributed by atoms with Gasteiger partial charge in [-0.25, -0.2) is 0 Å². The minimum Gasteiger partial charge on any atom is -0.0916 e. The lowest BCUT2D eigenvalue weighted by atomic mass is 9.98. The van der Waals surface area contributed by atoms with Gasteiger partial charge in [0.25, 0.3) is 0 Å². The lowest BCUT2D eigenvalue weighted by molar-refractivity contribution is 0.776. The number of hydrogen-bond acceptors (Lipinski definition) is 0. The summed E-state index contributed by atoms with van der Waals surface area (Å²) in [6.45, 7) is 4.31. The fourth-order valence-corrected chi connectivity index (χ4v) is 2.02. The first-order chi connectivity index (χ1) is 6.25. The maximum absolute atomic E-state index is 3.56. The molecule has 1 heteroatoms. The molecule has 0 radical (unpaired) electrons. The van der Waals surface area contributed by atoms with Gasteiger partial charge in [-0.3, -0.25) is 0 Å². The van der Waals surface area contributed by atoms with Crippen LogP contribution in [-0.2, 0) is 0 Å². The average molecular weight is 239 g/mol. The molecule has 0 aliphatic rings. The highest BCUT2D eigenvalue weighted by Gasteiger charge is 2.05. The first-order valence-corrected chi connectivity index (χ1v) is 5.40. The van der Waals surface area contributed by atoms with Crippen molar-refractivity contribution in [1.82, 2.24) is 0 Å². The zero-order valence-corrected chi connectivity index (χ0v) is 9.71. The van der Waals surface area contributed by atoms with E-state index in [4.69, 9.17) is 0 Å². The van der Waals surface area contributed by atoms with Crippen LogP contribution in [0.1, 0.15) is 31.7 Å². The molecule has 0 N–H and O–H groups in total. The van der Waals surface area contributed by atoms with E-state index < -0.39 is 0 Å². The molecule has 1 aromatic rings. The van der Waals surface area contributed by atoms with Crippen LogP contribution in [0.5, 0.6) is 0 Å². The predicted octanol–water partition coefficient (Wildman–Crippen LogP) is 4.52. The summed E-state index contributed by atoms with van der Waals surface area (Å²) in [6.07, 6.45) is 5.43. The molecule has 13 heavy (non-hydrogen) atoms. The fourth-order valence-electron chi connectivity index (χ4n) is 1.34. The maximum Gasteiger partial charge on any atom is 0.0210 e. The van der Waals surface area contributed by atoms with E-state index in [9.17, 15) is 0 Å². The molecule has 0 amide bonds. The molecule has 0 aromatic heterocycles. The molecule has 1 unspecified atom stereocenters. The van der Waals surface area contributed by atoms with Crippen molar-refractivity contribution in [3.63, 3.8) is 0 Å². The van der Waals surface area contributed by atoms with E-state index in [0.717, 1.165) is 6.42 Å². The number of allylic oxidation sites excluding steroid dienone is 2. The van der Waals surface area contributed by atoms with Crippen LogP contribution < -0.4 is 0 Å². The topological polar surface area (TPSA) is 0 Å². The van der Waals surface area contributed by atoms with E-state index in [1.165, 1.54) is 10.0 Å². The van der Waals surface area contributed by atoms with Crippen LogP contribution in [0.3, 0.4) is 0 Å². The third-order valence-electron chi connectivity index (χ3n) is 2.16. The van der Waals surface area contributed by atoms with E-state index in [2.05, 4.69) is 66.2 Å². The standard InChI is InChI=1S/C12H15Br/c1-3-4-7-10(2)11-8-5-6-9-12(11)13/h3-6,8-10H,7H2,1-2H3/b4-3-. The molecule has 0 bridgehead atoms. The summed E-state index contributed by atoms with van der Waals surface area (Å²) in [4.78, 5) is 0. The van der Waals surface area contributed by atoms with Crippen LogP contribution in [0.25, 0.3) is 0 Å². The summed E-state index contributed by atoms with van der Waals surface area (Å²) in [5.41, 5.74) is 1.39. The van der Waals surface area contributed by atoms with Crippen molar-refractivity contribution in [3.8, 4) is 0 Å². The van der Waals surface area contributed by atoms with Gasteiger partial charge >= 0.3 is 0 Å². The van der Waals surface area contributed by atoms with Crippen LogP contribution >= 0.6 is 15.9 Å². The van der Waals surface area contributed by atoms with E-state index in [1.807, 2.05) is 0 Å². The largest absolute Gasteiger partial charge is 0.0916 e. The Labute approximate surface area is 88.8 Å². The normalized spacial score (nSPS) is 13.5. The molecule has 0 heterocycles. The third-order valence-corrected chi connectivity index (χ3v) is 2.88. The van der Waals surface area contributed by atoms with E-state index in [0.29, 0.717) is 5.92 Å². The van der Waals surface area contributed by atoms with Crippen LogP contribution in [0.15, 0.2) is 40.9 Å². The summed E-state index contributed by atoms with van der Waals surface area (Å²) >= 11 is 3.56. The number of rotatable bonds is 3. The van der Waals surface area contributed by atoms with Gasteiger partial charge in [-0.15, -0.1) is 0 Å². The van der Waals surface area contributed by atoms with Gasteiger partial charge in [0.15, 0.2) is 0 Å². The molecule has 1 atom stereocenters. The zero-order chi connectivity index (χ0) is 9.68. The van der Waals surface area contributed by atoms with Crippen molar-refractivity contribution in [2.45, 2.75) is 26.2 Å². The zero-order valence-electron chi connectivity index (χ0n) is 8.13. The molecule has 0 saturated heterocycles. The summed E-state index contributed by atoms with van der Waals surface area (Å²) < 4.78 is 1.21. The van der Waals surface area contributed by atoms with E-state index in [1.54, 1.807) is 0 Å². The highest BCUT2D eigenvalue weighted by molar-refractivity contribution is 9.10. The Morgan fingerprint density at radius 3 is 2.69 bits per heavy atom. The Morgan fingerprint density at radius 1 is 1.38 bits per heavy atom. The van der Waals surface area contributed by atoms with Gasteiger partial charge in [-0.05, 0) is 30.9 Å². The predicted molar refractivity (Wildman–Crippen MR) is 62.0 cm³/mol. The van der Waals surface area contributed by atoms with Crippen LogP contribution in [0, 0.1) is 0 Å². The van der Waals surface area contributed by atoms with Crippen molar-refractivity contribution in [1.29, 1.82) is 0 Å². The van der Waals surface area contributed by atoms with Gasteiger partial charge in [-0.2, -0.15) is 0 Å². The Kier molecular flexibility index (Phi) is 4.23. The van der Waals surface area contributed by atoms with Crippen molar-refractivity contribution < 1.29 is 0 Å². The van der Waals surface area contributed by atoms with Crippen LogP contribution in [0.4, 0.5) is 0 Å². The highest BCUT2D eigenvalue weighted by atomic mass is 79.9. The first kappa shape index (κ1) is 10.5. The molecule has 0 aliphatic heterocycles. The van der Waals surface area contributed by atoms with Crippen molar-refractivity contribution in [3.05, 3.63) is 46.5 Å². The van der Waals surface area contributed by atoms with Crippen LogP contribution in [0.2, 0.25) is 0 Å². The Balaban J connectivity index is 2.76. The summed E-state index contributed by atoms with van der Waals surface area (Å²) in [6, 6.07) is 8.42. The second-order valence-electron chi connectivity index (χ2n) is 3.23. The van der Waals surface area contributed by atoms with Crippen molar-refractivity contribution in [2.75, 3.05) is 0 Å². The summed E-state index contributed by atoms with van der Waals surface area (Å²) in [5.74, 6) is 0.590. The molecule has 0 spiro atoms.